The smallest absolute Gasteiger partial charge is 0.0135 e. The van der Waals surface area contributed by atoms with Gasteiger partial charge in [0.05, 0.1) is 0 Å². The van der Waals surface area contributed by atoms with Crippen LogP contribution >= 0.6 is 0 Å². The summed E-state index contributed by atoms with van der Waals surface area (Å²) in [6.45, 7) is 13.1. The van der Waals surface area contributed by atoms with E-state index < -0.39 is 0 Å². The lowest BCUT2D eigenvalue weighted by atomic mass is 9.85. The van der Waals surface area contributed by atoms with Crippen molar-refractivity contribution in [2.24, 2.45) is 5.41 Å². The maximum absolute atomic E-state index is 2.25. The van der Waals surface area contributed by atoms with Crippen LogP contribution in [0.2, 0.25) is 0 Å². The second kappa shape index (κ2) is 3.75. The number of allylic oxidation sites excluding steroid dienone is 4. The molecule has 0 amide bonds. The molecule has 64 valence electrons. The van der Waals surface area contributed by atoms with Crippen LogP contribution in [0.25, 0.3) is 0 Å². The molecule has 0 aliphatic heterocycles. The van der Waals surface area contributed by atoms with Crippen molar-refractivity contribution in [2.75, 3.05) is 0 Å². The van der Waals surface area contributed by atoms with Gasteiger partial charge in [0.15, 0.2) is 0 Å². The Morgan fingerprint density at radius 3 is 1.64 bits per heavy atom. The van der Waals surface area contributed by atoms with Crippen LogP contribution in [0.1, 0.15) is 41.5 Å². The Morgan fingerprint density at radius 2 is 1.55 bits per heavy atom. The third-order valence-corrected chi connectivity index (χ3v) is 1.62. The normalized spacial score (nSPS) is 13.1. The molecule has 0 atom stereocenters. The third-order valence-electron chi connectivity index (χ3n) is 1.62. The molecule has 0 N–H and O–H groups in total. The molecule has 0 rings (SSSR count). The molecule has 0 aliphatic carbocycles. The summed E-state index contributed by atoms with van der Waals surface area (Å²) >= 11 is 0. The predicted molar refractivity (Wildman–Crippen MR) is 52.6 cm³/mol. The molecule has 0 saturated carbocycles. The van der Waals surface area contributed by atoms with Crippen molar-refractivity contribution in [3.8, 4) is 0 Å². The van der Waals surface area contributed by atoms with Crippen molar-refractivity contribution in [3.63, 3.8) is 0 Å². The fourth-order valence-corrected chi connectivity index (χ4v) is 1.04. The molecule has 0 fully saturated rings. The molecular formula is C11H20. The Hall–Kier alpha value is -0.520. The van der Waals surface area contributed by atoms with Gasteiger partial charge in [-0.05, 0) is 31.8 Å². The van der Waals surface area contributed by atoms with Gasteiger partial charge in [0.2, 0.25) is 0 Å². The quantitative estimate of drug-likeness (QED) is 0.499. The zero-order valence-electron chi connectivity index (χ0n) is 8.65. The molecule has 0 heterocycles. The molecular weight excluding hydrogens is 132 g/mol. The maximum atomic E-state index is 2.25. The third kappa shape index (κ3) is 4.02. The highest BCUT2D eigenvalue weighted by Gasteiger charge is 2.13. The van der Waals surface area contributed by atoms with Gasteiger partial charge in [-0.1, -0.05) is 38.5 Å². The first-order valence-electron chi connectivity index (χ1n) is 4.19. The largest absolute Gasteiger partial charge is 0.0839 e. The molecule has 0 aliphatic rings. The Labute approximate surface area is 71.0 Å². The highest BCUT2D eigenvalue weighted by Crippen LogP contribution is 2.26. The molecule has 0 spiro atoms. The van der Waals surface area contributed by atoms with E-state index in [1.54, 1.807) is 0 Å². The molecule has 0 unspecified atom stereocenters. The summed E-state index contributed by atoms with van der Waals surface area (Å²) in [4.78, 5) is 0. The Bertz CT molecular complexity index is 171. The van der Waals surface area contributed by atoms with Crippen LogP contribution in [-0.4, -0.2) is 0 Å². The second-order valence-electron chi connectivity index (χ2n) is 4.22. The van der Waals surface area contributed by atoms with E-state index >= 15 is 0 Å². The van der Waals surface area contributed by atoms with Crippen LogP contribution in [0.3, 0.4) is 0 Å². The van der Waals surface area contributed by atoms with E-state index in [9.17, 15) is 0 Å². The molecule has 0 heteroatoms. The minimum Gasteiger partial charge on any atom is -0.0839 e. The van der Waals surface area contributed by atoms with Crippen molar-refractivity contribution in [3.05, 3.63) is 23.3 Å². The first-order valence-corrected chi connectivity index (χ1v) is 4.19. The lowest BCUT2D eigenvalue weighted by molar-refractivity contribution is 0.515. The monoisotopic (exact) mass is 152 g/mol. The van der Waals surface area contributed by atoms with E-state index in [0.717, 1.165) is 0 Å². The molecule has 0 radical (unpaired) electrons. The average molecular weight is 152 g/mol. The molecule has 0 saturated heterocycles. The summed E-state index contributed by atoms with van der Waals surface area (Å²) < 4.78 is 0. The minimum absolute atomic E-state index is 0.284. The molecule has 0 bridgehead atoms. The summed E-state index contributed by atoms with van der Waals surface area (Å²) in [5.74, 6) is 0. The van der Waals surface area contributed by atoms with Crippen molar-refractivity contribution < 1.29 is 0 Å². The van der Waals surface area contributed by atoms with Crippen LogP contribution in [-0.2, 0) is 0 Å². The Morgan fingerprint density at radius 1 is 1.09 bits per heavy atom. The zero-order valence-corrected chi connectivity index (χ0v) is 8.65. The maximum Gasteiger partial charge on any atom is -0.0135 e. The van der Waals surface area contributed by atoms with Gasteiger partial charge in [0, 0.05) is 0 Å². The topological polar surface area (TPSA) is 0 Å². The van der Waals surface area contributed by atoms with E-state index in [1.807, 2.05) is 0 Å². The van der Waals surface area contributed by atoms with Crippen molar-refractivity contribution in [1.29, 1.82) is 0 Å². The van der Waals surface area contributed by atoms with Gasteiger partial charge in [-0.2, -0.15) is 0 Å². The molecule has 0 aromatic heterocycles. The highest BCUT2D eigenvalue weighted by atomic mass is 14.2. The van der Waals surface area contributed by atoms with Crippen molar-refractivity contribution in [2.45, 2.75) is 41.5 Å². The van der Waals surface area contributed by atoms with Crippen LogP contribution in [0.5, 0.6) is 0 Å². The van der Waals surface area contributed by atoms with Crippen LogP contribution in [0, 0.1) is 5.41 Å². The van der Waals surface area contributed by atoms with Gasteiger partial charge < -0.3 is 0 Å². The van der Waals surface area contributed by atoms with E-state index in [1.165, 1.54) is 11.1 Å². The summed E-state index contributed by atoms with van der Waals surface area (Å²) in [5, 5.41) is 0. The minimum atomic E-state index is 0.284. The Balaban J connectivity index is 4.60. The average Bonchev–Trinajstić information content (AvgIpc) is 1.79. The lowest BCUT2D eigenvalue weighted by Gasteiger charge is -2.20. The van der Waals surface area contributed by atoms with Crippen molar-refractivity contribution in [1.82, 2.24) is 0 Å². The number of hydrogen-bond acceptors (Lipinski definition) is 0. The summed E-state index contributed by atoms with van der Waals surface area (Å²) in [7, 11) is 0. The van der Waals surface area contributed by atoms with E-state index in [0.29, 0.717) is 0 Å². The standard InChI is InChI=1S/C11H20/c1-7-10(8-9(2)3)11(4,5)6/h7-8H,1-6H3. The van der Waals surface area contributed by atoms with Crippen LogP contribution < -0.4 is 0 Å². The molecule has 11 heavy (non-hydrogen) atoms. The van der Waals surface area contributed by atoms with Crippen molar-refractivity contribution >= 4 is 0 Å². The number of hydrogen-bond donors (Lipinski definition) is 0. The summed E-state index contributed by atoms with van der Waals surface area (Å²) in [6.07, 6.45) is 4.44. The zero-order chi connectivity index (χ0) is 9.07. The fourth-order valence-electron chi connectivity index (χ4n) is 1.04. The summed E-state index contributed by atoms with van der Waals surface area (Å²) in [6, 6.07) is 0. The van der Waals surface area contributed by atoms with E-state index in [-0.39, 0.29) is 5.41 Å². The van der Waals surface area contributed by atoms with Crippen LogP contribution in [0.15, 0.2) is 23.3 Å². The SMILES string of the molecule is CC=C(C=C(C)C)C(C)(C)C. The van der Waals surface area contributed by atoms with Gasteiger partial charge >= 0.3 is 0 Å². The summed E-state index contributed by atoms with van der Waals surface area (Å²) in [5.41, 5.74) is 3.07. The van der Waals surface area contributed by atoms with Gasteiger partial charge in [-0.15, -0.1) is 0 Å². The molecule has 0 aromatic carbocycles. The first-order chi connectivity index (χ1) is 4.88. The highest BCUT2D eigenvalue weighted by molar-refractivity contribution is 5.26. The van der Waals surface area contributed by atoms with Gasteiger partial charge in [0.25, 0.3) is 0 Å². The van der Waals surface area contributed by atoms with Gasteiger partial charge in [-0.25, -0.2) is 0 Å². The number of rotatable bonds is 1. The molecule has 0 aromatic rings. The second-order valence-corrected chi connectivity index (χ2v) is 4.22. The lowest BCUT2D eigenvalue weighted by Crippen LogP contribution is -2.07. The van der Waals surface area contributed by atoms with Gasteiger partial charge in [-0.3, -0.25) is 0 Å². The molecule has 0 nitrogen and oxygen atoms in total. The van der Waals surface area contributed by atoms with Crippen LogP contribution in [0.4, 0.5) is 0 Å². The Kier molecular flexibility index (Phi) is 3.57. The van der Waals surface area contributed by atoms with Gasteiger partial charge in [0.1, 0.15) is 0 Å². The first kappa shape index (κ1) is 10.5. The fraction of sp³-hybridized carbons (Fsp3) is 0.636. The van der Waals surface area contributed by atoms with E-state index in [4.69, 9.17) is 0 Å². The predicted octanol–water partition coefficient (Wildman–Crippen LogP) is 3.95. The van der Waals surface area contributed by atoms with E-state index in [2.05, 4.69) is 53.7 Å².